The van der Waals surface area contributed by atoms with Gasteiger partial charge in [-0.05, 0) is 67.8 Å². The molecule has 106 valence electrons. The molecule has 1 heterocycles. The standard InChI is InChI=1S/C19H18BrN/c1-13-4-5-14(2)19(12-13)21-15(3)6-11-18(21)16-7-9-17(20)10-8-16/h4-12H,1-3H3. The van der Waals surface area contributed by atoms with Crippen molar-refractivity contribution in [2.24, 2.45) is 0 Å². The van der Waals surface area contributed by atoms with E-state index in [1.807, 2.05) is 0 Å². The van der Waals surface area contributed by atoms with Crippen molar-refractivity contribution < 1.29 is 0 Å². The van der Waals surface area contributed by atoms with Crippen LogP contribution in [0.15, 0.2) is 59.1 Å². The van der Waals surface area contributed by atoms with Crippen LogP contribution in [0.1, 0.15) is 16.8 Å². The Morgan fingerprint density at radius 1 is 0.810 bits per heavy atom. The van der Waals surface area contributed by atoms with Crippen molar-refractivity contribution in [3.05, 3.63) is 75.9 Å². The highest BCUT2D eigenvalue weighted by Gasteiger charge is 2.11. The number of benzene rings is 2. The molecule has 1 aromatic heterocycles. The average molecular weight is 340 g/mol. The first-order valence-electron chi connectivity index (χ1n) is 7.08. The van der Waals surface area contributed by atoms with Gasteiger partial charge >= 0.3 is 0 Å². The van der Waals surface area contributed by atoms with E-state index in [4.69, 9.17) is 0 Å². The Bertz CT molecular complexity index is 782. The highest BCUT2D eigenvalue weighted by atomic mass is 79.9. The Morgan fingerprint density at radius 2 is 1.52 bits per heavy atom. The molecular weight excluding hydrogens is 322 g/mol. The fraction of sp³-hybridized carbons (Fsp3) is 0.158. The smallest absolute Gasteiger partial charge is 0.0531 e. The van der Waals surface area contributed by atoms with Crippen molar-refractivity contribution in [1.29, 1.82) is 0 Å². The molecule has 0 radical (unpaired) electrons. The number of hydrogen-bond donors (Lipinski definition) is 0. The summed E-state index contributed by atoms with van der Waals surface area (Å²) in [5.74, 6) is 0. The highest BCUT2D eigenvalue weighted by molar-refractivity contribution is 9.10. The van der Waals surface area contributed by atoms with Crippen LogP contribution in [0, 0.1) is 20.8 Å². The number of halogens is 1. The zero-order valence-corrected chi connectivity index (χ0v) is 14.1. The van der Waals surface area contributed by atoms with Gasteiger partial charge in [0, 0.05) is 15.9 Å². The molecule has 0 spiro atoms. The fourth-order valence-electron chi connectivity index (χ4n) is 2.66. The van der Waals surface area contributed by atoms with E-state index >= 15 is 0 Å². The molecule has 3 aromatic rings. The van der Waals surface area contributed by atoms with Gasteiger partial charge in [0.2, 0.25) is 0 Å². The van der Waals surface area contributed by atoms with E-state index in [2.05, 4.69) is 95.9 Å². The number of aryl methyl sites for hydroxylation is 3. The van der Waals surface area contributed by atoms with Crippen LogP contribution >= 0.6 is 15.9 Å². The molecule has 0 atom stereocenters. The molecular formula is C19H18BrN. The van der Waals surface area contributed by atoms with Crippen molar-refractivity contribution in [3.8, 4) is 16.9 Å². The van der Waals surface area contributed by atoms with Crippen molar-refractivity contribution >= 4 is 15.9 Å². The van der Waals surface area contributed by atoms with E-state index in [0.717, 1.165) is 4.47 Å². The first kappa shape index (κ1) is 14.2. The number of hydrogen-bond acceptors (Lipinski definition) is 0. The minimum atomic E-state index is 1.10. The van der Waals surface area contributed by atoms with E-state index < -0.39 is 0 Å². The zero-order valence-electron chi connectivity index (χ0n) is 12.5. The second-order valence-electron chi connectivity index (χ2n) is 5.49. The Kier molecular flexibility index (Phi) is 3.73. The molecule has 1 nitrogen and oxygen atoms in total. The van der Waals surface area contributed by atoms with Gasteiger partial charge in [0.1, 0.15) is 0 Å². The largest absolute Gasteiger partial charge is 0.314 e. The summed E-state index contributed by atoms with van der Waals surface area (Å²) in [7, 11) is 0. The minimum Gasteiger partial charge on any atom is -0.314 e. The van der Waals surface area contributed by atoms with Gasteiger partial charge in [-0.1, -0.05) is 40.2 Å². The van der Waals surface area contributed by atoms with Crippen molar-refractivity contribution in [2.45, 2.75) is 20.8 Å². The molecule has 0 unspecified atom stereocenters. The van der Waals surface area contributed by atoms with E-state index in [1.165, 1.54) is 33.8 Å². The topological polar surface area (TPSA) is 4.93 Å². The third-order valence-corrected chi connectivity index (χ3v) is 4.35. The lowest BCUT2D eigenvalue weighted by atomic mass is 10.1. The third kappa shape index (κ3) is 2.68. The van der Waals surface area contributed by atoms with Crippen molar-refractivity contribution in [3.63, 3.8) is 0 Å². The number of aromatic nitrogens is 1. The summed E-state index contributed by atoms with van der Waals surface area (Å²) < 4.78 is 3.44. The molecule has 0 amide bonds. The summed E-state index contributed by atoms with van der Waals surface area (Å²) in [5, 5.41) is 0. The number of nitrogens with zero attached hydrogens (tertiary/aromatic N) is 1. The SMILES string of the molecule is Cc1ccc(C)c(-n2c(C)ccc2-c2ccc(Br)cc2)c1. The van der Waals surface area contributed by atoms with Crippen molar-refractivity contribution in [2.75, 3.05) is 0 Å². The second kappa shape index (κ2) is 5.53. The zero-order chi connectivity index (χ0) is 15.0. The van der Waals surface area contributed by atoms with Gasteiger partial charge in [-0.15, -0.1) is 0 Å². The Morgan fingerprint density at radius 3 is 2.24 bits per heavy atom. The molecule has 0 aliphatic heterocycles. The van der Waals surface area contributed by atoms with Crippen LogP contribution in [0.5, 0.6) is 0 Å². The Labute approximate surface area is 134 Å². The maximum absolute atomic E-state index is 3.50. The summed E-state index contributed by atoms with van der Waals surface area (Å²) in [6.07, 6.45) is 0. The van der Waals surface area contributed by atoms with E-state index in [1.54, 1.807) is 0 Å². The van der Waals surface area contributed by atoms with Crippen LogP contribution in [0.4, 0.5) is 0 Å². The lowest BCUT2D eigenvalue weighted by Gasteiger charge is -2.15. The molecule has 0 saturated carbocycles. The first-order chi connectivity index (χ1) is 10.1. The average Bonchev–Trinajstić information content (AvgIpc) is 2.84. The van der Waals surface area contributed by atoms with Gasteiger partial charge in [0.25, 0.3) is 0 Å². The van der Waals surface area contributed by atoms with Crippen molar-refractivity contribution in [1.82, 2.24) is 4.57 Å². The van der Waals surface area contributed by atoms with Crippen LogP contribution in [0.2, 0.25) is 0 Å². The summed E-state index contributed by atoms with van der Waals surface area (Å²) >= 11 is 3.50. The van der Waals surface area contributed by atoms with E-state index in [-0.39, 0.29) is 0 Å². The molecule has 2 aromatic carbocycles. The summed E-state index contributed by atoms with van der Waals surface area (Å²) in [4.78, 5) is 0. The molecule has 0 aliphatic rings. The molecule has 21 heavy (non-hydrogen) atoms. The quantitative estimate of drug-likeness (QED) is 0.553. The molecule has 3 rings (SSSR count). The van der Waals surface area contributed by atoms with Crippen LogP contribution < -0.4 is 0 Å². The van der Waals surface area contributed by atoms with Gasteiger partial charge in [-0.2, -0.15) is 0 Å². The van der Waals surface area contributed by atoms with Crippen LogP contribution in [0.3, 0.4) is 0 Å². The lowest BCUT2D eigenvalue weighted by Crippen LogP contribution is -2.01. The first-order valence-corrected chi connectivity index (χ1v) is 7.87. The third-order valence-electron chi connectivity index (χ3n) is 3.82. The lowest BCUT2D eigenvalue weighted by molar-refractivity contribution is 1.01. The maximum atomic E-state index is 3.50. The molecule has 0 aliphatic carbocycles. The molecule has 0 bridgehead atoms. The molecule has 2 heteroatoms. The van der Waals surface area contributed by atoms with Gasteiger partial charge in [-0.3, -0.25) is 0 Å². The van der Waals surface area contributed by atoms with Gasteiger partial charge in [0.15, 0.2) is 0 Å². The highest BCUT2D eigenvalue weighted by Crippen LogP contribution is 2.29. The van der Waals surface area contributed by atoms with Crippen LogP contribution in [-0.4, -0.2) is 4.57 Å². The van der Waals surface area contributed by atoms with Gasteiger partial charge < -0.3 is 4.57 Å². The minimum absolute atomic E-state index is 1.10. The van der Waals surface area contributed by atoms with Gasteiger partial charge in [-0.25, -0.2) is 0 Å². The molecule has 0 fully saturated rings. The normalized spacial score (nSPS) is 10.9. The number of rotatable bonds is 2. The Hall–Kier alpha value is -1.80. The summed E-state index contributed by atoms with van der Waals surface area (Å²) in [6.45, 7) is 6.46. The second-order valence-corrected chi connectivity index (χ2v) is 6.41. The van der Waals surface area contributed by atoms with Crippen LogP contribution in [-0.2, 0) is 0 Å². The summed E-state index contributed by atoms with van der Waals surface area (Å²) in [6, 6.07) is 19.5. The van der Waals surface area contributed by atoms with E-state index in [0.29, 0.717) is 0 Å². The Balaban J connectivity index is 2.22. The van der Waals surface area contributed by atoms with Gasteiger partial charge in [0.05, 0.1) is 5.69 Å². The molecule has 0 saturated heterocycles. The maximum Gasteiger partial charge on any atom is 0.0531 e. The fourth-order valence-corrected chi connectivity index (χ4v) is 2.93. The summed E-state index contributed by atoms with van der Waals surface area (Å²) in [5.41, 5.74) is 7.54. The monoisotopic (exact) mass is 339 g/mol. The predicted octanol–water partition coefficient (Wildman–Crippen LogP) is 5.83. The van der Waals surface area contributed by atoms with Crippen LogP contribution in [0.25, 0.3) is 16.9 Å². The van der Waals surface area contributed by atoms with E-state index in [9.17, 15) is 0 Å². The predicted molar refractivity (Wildman–Crippen MR) is 93.1 cm³/mol. The molecule has 0 N–H and O–H groups in total.